The van der Waals surface area contributed by atoms with Gasteiger partial charge in [0.15, 0.2) is 0 Å². The first-order chi connectivity index (χ1) is 8.65. The first kappa shape index (κ1) is 12.8. The first-order valence-electron chi connectivity index (χ1n) is 5.91. The Kier molecular flexibility index (Phi) is 4.15. The van der Waals surface area contributed by atoms with E-state index >= 15 is 0 Å². The third-order valence-electron chi connectivity index (χ3n) is 3.01. The molecule has 1 amide bonds. The average molecular weight is 265 g/mol. The second kappa shape index (κ2) is 5.82. The van der Waals surface area contributed by atoms with Crippen molar-refractivity contribution >= 4 is 29.3 Å². The SMILES string of the molecule is O=C(O)C=Cc1csc(CNC(=O)C2CCC2)c1. The van der Waals surface area contributed by atoms with Gasteiger partial charge in [-0.3, -0.25) is 4.79 Å². The minimum absolute atomic E-state index is 0.136. The van der Waals surface area contributed by atoms with Crippen molar-refractivity contribution in [1.29, 1.82) is 0 Å². The van der Waals surface area contributed by atoms with Crippen molar-refractivity contribution < 1.29 is 14.7 Å². The van der Waals surface area contributed by atoms with Crippen LogP contribution < -0.4 is 5.32 Å². The monoisotopic (exact) mass is 265 g/mol. The number of rotatable bonds is 5. The van der Waals surface area contributed by atoms with Gasteiger partial charge in [-0.1, -0.05) is 6.42 Å². The zero-order valence-electron chi connectivity index (χ0n) is 9.89. The van der Waals surface area contributed by atoms with Gasteiger partial charge >= 0.3 is 5.97 Å². The minimum Gasteiger partial charge on any atom is -0.478 e. The van der Waals surface area contributed by atoms with Crippen molar-refractivity contribution in [2.45, 2.75) is 25.8 Å². The molecule has 2 N–H and O–H groups in total. The van der Waals surface area contributed by atoms with Crippen LogP contribution in [0.1, 0.15) is 29.7 Å². The van der Waals surface area contributed by atoms with E-state index in [4.69, 9.17) is 5.11 Å². The maximum Gasteiger partial charge on any atom is 0.328 e. The standard InChI is InChI=1S/C13H15NO3S/c15-12(16)5-4-9-6-11(18-8-9)7-14-13(17)10-2-1-3-10/h4-6,8,10H,1-3,7H2,(H,14,17)(H,15,16). The number of carbonyl (C=O) groups excluding carboxylic acids is 1. The Morgan fingerprint density at radius 3 is 2.89 bits per heavy atom. The van der Waals surface area contributed by atoms with Crippen molar-refractivity contribution in [2.75, 3.05) is 0 Å². The smallest absolute Gasteiger partial charge is 0.328 e. The van der Waals surface area contributed by atoms with Crippen molar-refractivity contribution in [3.63, 3.8) is 0 Å². The van der Waals surface area contributed by atoms with Crippen LogP contribution in [0.25, 0.3) is 6.08 Å². The molecule has 18 heavy (non-hydrogen) atoms. The Bertz CT molecular complexity index is 474. The van der Waals surface area contributed by atoms with Gasteiger partial charge < -0.3 is 10.4 Å². The van der Waals surface area contributed by atoms with E-state index in [1.807, 2.05) is 11.4 Å². The molecule has 1 fully saturated rings. The van der Waals surface area contributed by atoms with Crippen molar-refractivity contribution in [3.8, 4) is 0 Å². The third-order valence-corrected chi connectivity index (χ3v) is 3.96. The quantitative estimate of drug-likeness (QED) is 0.802. The molecule has 0 saturated heterocycles. The summed E-state index contributed by atoms with van der Waals surface area (Å²) in [6, 6.07) is 1.89. The van der Waals surface area contributed by atoms with Crippen LogP contribution in [0.4, 0.5) is 0 Å². The maximum absolute atomic E-state index is 11.6. The number of amides is 1. The van der Waals surface area contributed by atoms with E-state index in [1.165, 1.54) is 11.3 Å². The highest BCUT2D eigenvalue weighted by Crippen LogP contribution is 2.26. The van der Waals surface area contributed by atoms with E-state index < -0.39 is 5.97 Å². The largest absolute Gasteiger partial charge is 0.478 e. The predicted octanol–water partition coefficient (Wildman–Crippen LogP) is 2.26. The summed E-state index contributed by atoms with van der Waals surface area (Å²) in [6.07, 6.45) is 5.82. The zero-order chi connectivity index (χ0) is 13.0. The number of thiophene rings is 1. The molecule has 2 rings (SSSR count). The summed E-state index contributed by atoms with van der Waals surface area (Å²) in [7, 11) is 0. The lowest BCUT2D eigenvalue weighted by molar-refractivity contribution is -0.131. The van der Waals surface area contributed by atoms with E-state index in [1.54, 1.807) is 6.08 Å². The van der Waals surface area contributed by atoms with Gasteiger partial charge in [0.25, 0.3) is 0 Å². The lowest BCUT2D eigenvalue weighted by Gasteiger charge is -2.23. The lowest BCUT2D eigenvalue weighted by atomic mass is 9.85. The molecular weight excluding hydrogens is 250 g/mol. The Balaban J connectivity index is 1.82. The van der Waals surface area contributed by atoms with E-state index in [2.05, 4.69) is 5.32 Å². The molecule has 0 bridgehead atoms. The molecule has 1 aromatic heterocycles. The van der Waals surface area contributed by atoms with Crippen molar-refractivity contribution in [2.24, 2.45) is 5.92 Å². The molecule has 96 valence electrons. The number of nitrogens with one attached hydrogen (secondary N) is 1. The number of hydrogen-bond acceptors (Lipinski definition) is 3. The molecule has 1 aliphatic carbocycles. The second-order valence-electron chi connectivity index (χ2n) is 4.36. The summed E-state index contributed by atoms with van der Waals surface area (Å²) in [5.74, 6) is -0.616. The lowest BCUT2D eigenvalue weighted by Crippen LogP contribution is -2.33. The Morgan fingerprint density at radius 2 is 2.28 bits per heavy atom. The molecule has 0 radical (unpaired) electrons. The molecule has 0 aromatic carbocycles. The van der Waals surface area contributed by atoms with Gasteiger partial charge in [-0.2, -0.15) is 0 Å². The molecule has 0 atom stereocenters. The Morgan fingerprint density at radius 1 is 1.50 bits per heavy atom. The molecule has 1 saturated carbocycles. The molecule has 0 aliphatic heterocycles. The number of hydrogen-bond donors (Lipinski definition) is 2. The first-order valence-corrected chi connectivity index (χ1v) is 6.79. The van der Waals surface area contributed by atoms with Gasteiger partial charge in [0.05, 0.1) is 6.54 Å². The van der Waals surface area contributed by atoms with E-state index in [-0.39, 0.29) is 11.8 Å². The van der Waals surface area contributed by atoms with Gasteiger partial charge in [0, 0.05) is 16.9 Å². The Hall–Kier alpha value is -1.62. The van der Waals surface area contributed by atoms with Gasteiger partial charge in [-0.15, -0.1) is 11.3 Å². The van der Waals surface area contributed by atoms with Gasteiger partial charge in [0.2, 0.25) is 5.91 Å². The van der Waals surface area contributed by atoms with Crippen LogP contribution in [0.3, 0.4) is 0 Å². The molecule has 1 aromatic rings. The van der Waals surface area contributed by atoms with Crippen LogP contribution in [-0.4, -0.2) is 17.0 Å². The molecule has 5 heteroatoms. The van der Waals surface area contributed by atoms with Crippen LogP contribution in [-0.2, 0) is 16.1 Å². The maximum atomic E-state index is 11.6. The van der Waals surface area contributed by atoms with Crippen LogP contribution in [0.5, 0.6) is 0 Å². The molecule has 0 spiro atoms. The summed E-state index contributed by atoms with van der Waals surface area (Å²) in [6.45, 7) is 0.529. The van der Waals surface area contributed by atoms with Crippen LogP contribution in [0.2, 0.25) is 0 Å². The summed E-state index contributed by atoms with van der Waals surface area (Å²) < 4.78 is 0. The molecule has 1 heterocycles. The predicted molar refractivity (Wildman–Crippen MR) is 70.2 cm³/mol. The van der Waals surface area contributed by atoms with Crippen LogP contribution in [0, 0.1) is 5.92 Å². The van der Waals surface area contributed by atoms with Gasteiger partial charge in [0.1, 0.15) is 0 Å². The topological polar surface area (TPSA) is 66.4 Å². The van der Waals surface area contributed by atoms with Crippen LogP contribution in [0.15, 0.2) is 17.5 Å². The highest BCUT2D eigenvalue weighted by molar-refractivity contribution is 7.10. The number of carbonyl (C=O) groups is 2. The summed E-state index contributed by atoms with van der Waals surface area (Å²) in [5, 5.41) is 13.3. The average Bonchev–Trinajstić information content (AvgIpc) is 2.69. The molecule has 0 unspecified atom stereocenters. The second-order valence-corrected chi connectivity index (χ2v) is 5.36. The van der Waals surface area contributed by atoms with E-state index in [0.29, 0.717) is 6.54 Å². The molecular formula is C13H15NO3S. The van der Waals surface area contributed by atoms with Gasteiger partial charge in [-0.25, -0.2) is 4.79 Å². The minimum atomic E-state index is -0.957. The highest BCUT2D eigenvalue weighted by atomic mass is 32.1. The fourth-order valence-corrected chi connectivity index (χ4v) is 2.53. The molecule has 4 nitrogen and oxygen atoms in total. The number of carboxylic acids is 1. The fraction of sp³-hybridized carbons (Fsp3) is 0.385. The zero-order valence-corrected chi connectivity index (χ0v) is 10.7. The number of carboxylic acid groups (broad SMARTS) is 1. The van der Waals surface area contributed by atoms with Crippen molar-refractivity contribution in [1.82, 2.24) is 5.32 Å². The van der Waals surface area contributed by atoms with Gasteiger partial charge in [-0.05, 0) is 35.9 Å². The summed E-state index contributed by atoms with van der Waals surface area (Å²) in [4.78, 5) is 23.0. The fourth-order valence-electron chi connectivity index (χ4n) is 1.73. The van der Waals surface area contributed by atoms with Crippen molar-refractivity contribution in [3.05, 3.63) is 28.0 Å². The molecule has 1 aliphatic rings. The summed E-state index contributed by atoms with van der Waals surface area (Å²) >= 11 is 1.52. The third kappa shape index (κ3) is 3.43. The number of aliphatic carboxylic acids is 1. The summed E-state index contributed by atoms with van der Waals surface area (Å²) in [5.41, 5.74) is 0.857. The van der Waals surface area contributed by atoms with E-state index in [9.17, 15) is 9.59 Å². The van der Waals surface area contributed by atoms with E-state index in [0.717, 1.165) is 35.8 Å². The normalized spacial score (nSPS) is 15.6. The highest BCUT2D eigenvalue weighted by Gasteiger charge is 2.24. The Labute approximate surface area is 109 Å². The van der Waals surface area contributed by atoms with Crippen LogP contribution >= 0.6 is 11.3 Å².